The molecule has 5 rings (SSSR count). The van der Waals surface area contributed by atoms with Gasteiger partial charge >= 0.3 is 0 Å². The summed E-state index contributed by atoms with van der Waals surface area (Å²) in [5, 5.41) is 15.1. The highest BCUT2D eigenvalue weighted by Gasteiger charge is 2.37. The summed E-state index contributed by atoms with van der Waals surface area (Å²) < 4.78 is 1.31. The van der Waals surface area contributed by atoms with E-state index in [2.05, 4.69) is 31.5 Å². The van der Waals surface area contributed by atoms with Gasteiger partial charge in [-0.1, -0.05) is 17.7 Å². The lowest BCUT2D eigenvalue weighted by atomic mass is 10.1. The first-order chi connectivity index (χ1) is 13.2. The summed E-state index contributed by atoms with van der Waals surface area (Å²) in [5.41, 5.74) is 1.91. The van der Waals surface area contributed by atoms with Crippen molar-refractivity contribution in [1.82, 2.24) is 15.2 Å². The summed E-state index contributed by atoms with van der Waals surface area (Å²) in [7, 11) is 0. The van der Waals surface area contributed by atoms with Gasteiger partial charge in [0.2, 0.25) is 5.13 Å². The summed E-state index contributed by atoms with van der Waals surface area (Å²) in [6, 6.07) is 6.00. The third-order valence-corrected chi connectivity index (χ3v) is 6.66. The molecule has 4 heterocycles. The van der Waals surface area contributed by atoms with Crippen molar-refractivity contribution in [3.8, 4) is 0 Å². The van der Waals surface area contributed by atoms with Crippen molar-refractivity contribution >= 4 is 33.8 Å². The zero-order chi connectivity index (χ0) is 18.5. The van der Waals surface area contributed by atoms with E-state index in [-0.39, 0.29) is 0 Å². The average molecular weight is 406 g/mol. The smallest absolute Gasteiger partial charge is 0.229 e. The monoisotopic (exact) mass is 405 g/mol. The molecule has 3 fully saturated rings. The van der Waals surface area contributed by atoms with Crippen molar-refractivity contribution in [3.05, 3.63) is 40.4 Å². The summed E-state index contributed by atoms with van der Waals surface area (Å²) in [4.78, 5) is 6.68. The van der Waals surface area contributed by atoms with Crippen LogP contribution < -0.4 is 5.32 Å². The minimum Gasteiger partial charge on any atom is -0.319 e. The van der Waals surface area contributed by atoms with E-state index in [1.807, 2.05) is 17.5 Å². The molecule has 0 atom stereocenters. The Morgan fingerprint density at radius 1 is 1.15 bits per heavy atom. The van der Waals surface area contributed by atoms with Gasteiger partial charge in [-0.15, -0.1) is 21.6 Å². The van der Waals surface area contributed by atoms with Crippen LogP contribution in [0.1, 0.15) is 5.56 Å². The molecule has 2 aromatic rings. The molecule has 3 saturated heterocycles. The Morgan fingerprint density at radius 2 is 1.96 bits per heavy atom. The maximum absolute atomic E-state index is 6.36. The minimum absolute atomic E-state index is 0.636. The van der Waals surface area contributed by atoms with Gasteiger partial charge in [-0.2, -0.15) is 0 Å². The third kappa shape index (κ3) is 4.92. The molecule has 1 N–H and O–H groups in total. The van der Waals surface area contributed by atoms with E-state index in [1.54, 1.807) is 6.20 Å². The van der Waals surface area contributed by atoms with Crippen LogP contribution in [0.4, 0.5) is 10.8 Å². The number of rotatable bonds is 8. The fourth-order valence-electron chi connectivity index (χ4n) is 3.89. The summed E-state index contributed by atoms with van der Waals surface area (Å²) in [6.07, 6.45) is 2.68. The first kappa shape index (κ1) is 19.0. The summed E-state index contributed by atoms with van der Waals surface area (Å²) >= 11 is 7.81. The summed E-state index contributed by atoms with van der Waals surface area (Å²) in [5.74, 6) is 0. The number of nitrogens with zero attached hydrogens (tertiary/aromatic N) is 5. The Morgan fingerprint density at radius 3 is 2.67 bits per heavy atom. The molecule has 2 bridgehead atoms. The Bertz CT molecular complexity index is 757. The molecule has 0 aliphatic carbocycles. The lowest BCUT2D eigenvalue weighted by Crippen LogP contribution is -2.68. The Labute approximate surface area is 169 Å². The normalized spacial score (nSPS) is 24.7. The minimum atomic E-state index is 0.636. The van der Waals surface area contributed by atoms with Crippen molar-refractivity contribution in [2.45, 2.75) is 6.42 Å². The summed E-state index contributed by atoms with van der Waals surface area (Å²) in [6.45, 7) is 11.2. The third-order valence-electron chi connectivity index (χ3n) is 5.70. The number of quaternary nitrogens is 1. The lowest BCUT2D eigenvalue weighted by molar-refractivity contribution is -0.939. The van der Waals surface area contributed by atoms with Crippen LogP contribution in [-0.4, -0.2) is 73.3 Å². The molecule has 6 nitrogen and oxygen atoms in total. The number of halogens is 1. The number of nitrogens with one attached hydrogen (secondary N) is 1. The number of fused-ring (bicyclic) bond motifs is 3. The predicted octanol–water partition coefficient (Wildman–Crippen LogP) is 3.49. The van der Waals surface area contributed by atoms with Crippen molar-refractivity contribution in [3.63, 3.8) is 0 Å². The lowest BCUT2D eigenvalue weighted by Gasteiger charge is -2.50. The van der Waals surface area contributed by atoms with Crippen LogP contribution in [0, 0.1) is 0 Å². The van der Waals surface area contributed by atoms with E-state index in [1.165, 1.54) is 67.2 Å². The molecule has 144 valence electrons. The maximum atomic E-state index is 6.36. The number of azo groups is 1. The molecule has 1 aromatic carbocycles. The number of thiazole rings is 1. The van der Waals surface area contributed by atoms with E-state index in [0.29, 0.717) is 15.8 Å². The first-order valence-electron chi connectivity index (χ1n) is 9.60. The van der Waals surface area contributed by atoms with E-state index in [9.17, 15) is 0 Å². The number of aromatic nitrogens is 1. The predicted molar refractivity (Wildman–Crippen MR) is 110 cm³/mol. The molecule has 3 aliphatic rings. The average Bonchev–Trinajstić information content (AvgIpc) is 3.22. The topological polar surface area (TPSA) is 52.9 Å². The van der Waals surface area contributed by atoms with Crippen molar-refractivity contribution in [2.75, 3.05) is 58.9 Å². The van der Waals surface area contributed by atoms with Gasteiger partial charge in [-0.25, -0.2) is 4.98 Å². The van der Waals surface area contributed by atoms with Gasteiger partial charge in [0.25, 0.3) is 0 Å². The van der Waals surface area contributed by atoms with Crippen LogP contribution in [0.15, 0.2) is 40.0 Å². The molecule has 8 heteroatoms. The fourth-order valence-corrected chi connectivity index (χ4v) is 4.58. The number of hydrogen-bond donors (Lipinski definition) is 1. The standard InChI is InChI=1S/C19H26ClN6S/c20-17-15-16(1-2-18(17)23-24-19-22-6-14-27-19)3-4-21-5-10-26-11-7-25(8-12-26)9-13-26/h1-2,6,14-15,21H,3-5,7-13H2/q+1. The molecule has 0 spiro atoms. The van der Waals surface area contributed by atoms with Crippen LogP contribution in [0.3, 0.4) is 0 Å². The Kier molecular flexibility index (Phi) is 6.14. The van der Waals surface area contributed by atoms with Gasteiger partial charge < -0.3 is 9.80 Å². The Hall–Kier alpha value is -1.38. The maximum Gasteiger partial charge on any atom is 0.229 e. The second-order valence-corrected chi connectivity index (χ2v) is 8.66. The van der Waals surface area contributed by atoms with E-state index >= 15 is 0 Å². The fraction of sp³-hybridized carbons (Fsp3) is 0.526. The molecule has 27 heavy (non-hydrogen) atoms. The molecule has 1 aromatic heterocycles. The largest absolute Gasteiger partial charge is 0.319 e. The zero-order valence-corrected chi connectivity index (χ0v) is 17.1. The molecular weight excluding hydrogens is 380 g/mol. The van der Waals surface area contributed by atoms with Crippen LogP contribution in [0.25, 0.3) is 0 Å². The quantitative estimate of drug-likeness (QED) is 0.415. The van der Waals surface area contributed by atoms with Crippen LogP contribution in [0.2, 0.25) is 5.02 Å². The number of piperazine rings is 3. The van der Waals surface area contributed by atoms with Crippen LogP contribution in [-0.2, 0) is 6.42 Å². The highest BCUT2D eigenvalue weighted by atomic mass is 35.5. The van der Waals surface area contributed by atoms with Crippen molar-refractivity contribution < 1.29 is 4.48 Å². The molecule has 0 radical (unpaired) electrons. The van der Waals surface area contributed by atoms with Gasteiger partial charge in [-0.05, 0) is 30.7 Å². The highest BCUT2D eigenvalue weighted by Crippen LogP contribution is 2.28. The van der Waals surface area contributed by atoms with E-state index < -0.39 is 0 Å². The van der Waals surface area contributed by atoms with Crippen LogP contribution in [0.5, 0.6) is 0 Å². The van der Waals surface area contributed by atoms with Gasteiger partial charge in [0, 0.05) is 37.8 Å². The van der Waals surface area contributed by atoms with E-state index in [4.69, 9.17) is 11.6 Å². The number of hydrogen-bond acceptors (Lipinski definition) is 6. The van der Waals surface area contributed by atoms with Gasteiger partial charge in [-0.3, -0.25) is 4.90 Å². The van der Waals surface area contributed by atoms with Gasteiger partial charge in [0.15, 0.2) is 0 Å². The molecule has 0 amide bonds. The van der Waals surface area contributed by atoms with Crippen molar-refractivity contribution in [1.29, 1.82) is 0 Å². The second-order valence-electron chi connectivity index (χ2n) is 7.38. The van der Waals surface area contributed by atoms with Crippen molar-refractivity contribution in [2.24, 2.45) is 10.2 Å². The number of benzene rings is 1. The van der Waals surface area contributed by atoms with Gasteiger partial charge in [0.1, 0.15) is 5.69 Å². The zero-order valence-electron chi connectivity index (χ0n) is 15.5. The first-order valence-corrected chi connectivity index (χ1v) is 10.9. The Balaban J connectivity index is 1.21. The SMILES string of the molecule is Clc1cc(CCNCC[N+]23CCN(CC2)CC3)ccc1N=Nc1nccs1. The molecule has 0 saturated carbocycles. The molecule has 0 unspecified atom stereocenters. The highest BCUT2D eigenvalue weighted by molar-refractivity contribution is 7.13. The van der Waals surface area contributed by atoms with Gasteiger partial charge in [0.05, 0.1) is 31.2 Å². The second kappa shape index (κ2) is 8.75. The molecular formula is C19H26ClN6S+. The molecule has 3 aliphatic heterocycles. The van der Waals surface area contributed by atoms with E-state index in [0.717, 1.165) is 19.5 Å². The van der Waals surface area contributed by atoms with Crippen LogP contribution >= 0.6 is 22.9 Å².